The Kier molecular flexibility index (Phi) is 5.12. The van der Waals surface area contributed by atoms with Gasteiger partial charge in [-0.3, -0.25) is 9.78 Å². The van der Waals surface area contributed by atoms with Gasteiger partial charge in [0, 0.05) is 16.7 Å². The summed E-state index contributed by atoms with van der Waals surface area (Å²) in [6.45, 7) is 7.10. The lowest BCUT2D eigenvalue weighted by atomic mass is 10.1. The molecule has 0 unspecified atom stereocenters. The fourth-order valence-electron chi connectivity index (χ4n) is 2.18. The van der Waals surface area contributed by atoms with Crippen molar-refractivity contribution >= 4 is 21.8 Å². The lowest BCUT2D eigenvalue weighted by molar-refractivity contribution is 0.0749. The summed E-state index contributed by atoms with van der Waals surface area (Å²) in [5.74, 6) is 0.0244. The zero-order chi connectivity index (χ0) is 15.4. The van der Waals surface area contributed by atoms with E-state index in [4.69, 9.17) is 0 Å². The van der Waals surface area contributed by atoms with Crippen LogP contribution < -0.4 is 0 Å². The third kappa shape index (κ3) is 3.91. The standard InChI is InChI=1S/C17H19BrN2O/c1-4-20(11-14-7-5-6-13(3)19-14)17(21)15-10-12(2)8-9-16(15)18/h5-10H,4,11H2,1-3H3. The second-order valence-corrected chi connectivity index (χ2v) is 5.93. The maximum atomic E-state index is 12.7. The molecule has 0 atom stereocenters. The molecule has 0 aliphatic carbocycles. The van der Waals surface area contributed by atoms with Crippen LogP contribution in [-0.2, 0) is 6.54 Å². The number of aryl methyl sites for hydroxylation is 2. The molecule has 0 saturated heterocycles. The van der Waals surface area contributed by atoms with Gasteiger partial charge in [0.25, 0.3) is 5.91 Å². The first kappa shape index (κ1) is 15.7. The Morgan fingerprint density at radius 2 is 2.00 bits per heavy atom. The van der Waals surface area contributed by atoms with Crippen molar-refractivity contribution in [1.82, 2.24) is 9.88 Å². The summed E-state index contributed by atoms with van der Waals surface area (Å²) in [4.78, 5) is 19.0. The smallest absolute Gasteiger partial charge is 0.255 e. The van der Waals surface area contributed by atoms with Gasteiger partial charge in [0.1, 0.15) is 0 Å². The summed E-state index contributed by atoms with van der Waals surface area (Å²) in [7, 11) is 0. The number of pyridine rings is 1. The van der Waals surface area contributed by atoms with Crippen molar-refractivity contribution in [1.29, 1.82) is 0 Å². The van der Waals surface area contributed by atoms with Crippen LogP contribution in [0.3, 0.4) is 0 Å². The molecule has 0 bridgehead atoms. The number of rotatable bonds is 4. The number of hydrogen-bond acceptors (Lipinski definition) is 2. The average Bonchev–Trinajstić information content (AvgIpc) is 2.46. The van der Waals surface area contributed by atoms with Gasteiger partial charge in [-0.25, -0.2) is 0 Å². The molecule has 0 aliphatic rings. The molecule has 0 aliphatic heterocycles. The molecule has 2 rings (SSSR count). The predicted octanol–water partition coefficient (Wildman–Crippen LogP) is 4.12. The van der Waals surface area contributed by atoms with E-state index in [1.807, 2.05) is 57.2 Å². The third-order valence-corrected chi connectivity index (χ3v) is 4.01. The Bertz CT molecular complexity index is 655. The molecule has 0 spiro atoms. The Labute approximate surface area is 134 Å². The lowest BCUT2D eigenvalue weighted by Crippen LogP contribution is -2.31. The maximum Gasteiger partial charge on any atom is 0.255 e. The van der Waals surface area contributed by atoms with Gasteiger partial charge in [0.15, 0.2) is 0 Å². The van der Waals surface area contributed by atoms with Crippen LogP contribution >= 0.6 is 15.9 Å². The number of nitrogens with zero attached hydrogens (tertiary/aromatic N) is 2. The number of carbonyl (C=O) groups excluding carboxylic acids is 1. The maximum absolute atomic E-state index is 12.7. The topological polar surface area (TPSA) is 33.2 Å². The lowest BCUT2D eigenvalue weighted by Gasteiger charge is -2.21. The van der Waals surface area contributed by atoms with Crippen LogP contribution in [-0.4, -0.2) is 22.3 Å². The van der Waals surface area contributed by atoms with Crippen LogP contribution in [0, 0.1) is 13.8 Å². The highest BCUT2D eigenvalue weighted by atomic mass is 79.9. The van der Waals surface area contributed by atoms with E-state index in [1.165, 1.54) is 0 Å². The molecular weight excluding hydrogens is 328 g/mol. The fraction of sp³-hybridized carbons (Fsp3) is 0.294. The SMILES string of the molecule is CCN(Cc1cccc(C)n1)C(=O)c1cc(C)ccc1Br. The van der Waals surface area contributed by atoms with Gasteiger partial charge in [-0.15, -0.1) is 0 Å². The molecule has 21 heavy (non-hydrogen) atoms. The summed E-state index contributed by atoms with van der Waals surface area (Å²) >= 11 is 3.46. The van der Waals surface area contributed by atoms with Gasteiger partial charge in [-0.05, 0) is 61.0 Å². The largest absolute Gasteiger partial charge is 0.333 e. The summed E-state index contributed by atoms with van der Waals surface area (Å²) in [6, 6.07) is 11.7. The molecule has 1 heterocycles. The minimum Gasteiger partial charge on any atom is -0.333 e. The fourth-order valence-corrected chi connectivity index (χ4v) is 2.60. The van der Waals surface area contributed by atoms with Crippen molar-refractivity contribution in [3.05, 3.63) is 63.4 Å². The first-order chi connectivity index (χ1) is 10.0. The highest BCUT2D eigenvalue weighted by Crippen LogP contribution is 2.20. The molecule has 0 saturated carbocycles. The van der Waals surface area contributed by atoms with Crippen LogP contribution in [0.15, 0.2) is 40.9 Å². The van der Waals surface area contributed by atoms with E-state index in [9.17, 15) is 4.79 Å². The van der Waals surface area contributed by atoms with Crippen molar-refractivity contribution in [3.63, 3.8) is 0 Å². The van der Waals surface area contributed by atoms with E-state index in [1.54, 1.807) is 4.90 Å². The molecule has 0 radical (unpaired) electrons. The Balaban J connectivity index is 2.24. The minimum atomic E-state index is 0.0244. The van der Waals surface area contributed by atoms with Gasteiger partial charge in [0.2, 0.25) is 0 Å². The molecule has 1 aromatic carbocycles. The molecule has 0 fully saturated rings. The molecule has 2 aromatic rings. The molecule has 110 valence electrons. The second kappa shape index (κ2) is 6.85. The van der Waals surface area contributed by atoms with Crippen molar-refractivity contribution in [2.45, 2.75) is 27.3 Å². The van der Waals surface area contributed by atoms with Crippen LogP contribution in [0.5, 0.6) is 0 Å². The first-order valence-electron chi connectivity index (χ1n) is 6.99. The van der Waals surface area contributed by atoms with Crippen molar-refractivity contribution in [2.75, 3.05) is 6.54 Å². The Morgan fingerprint density at radius 1 is 1.24 bits per heavy atom. The Hall–Kier alpha value is -1.68. The van der Waals surface area contributed by atoms with Gasteiger partial charge >= 0.3 is 0 Å². The summed E-state index contributed by atoms with van der Waals surface area (Å²) in [5, 5.41) is 0. The van der Waals surface area contributed by atoms with Crippen LogP contribution in [0.1, 0.15) is 34.2 Å². The number of aromatic nitrogens is 1. The van der Waals surface area contributed by atoms with E-state index in [2.05, 4.69) is 20.9 Å². The second-order valence-electron chi connectivity index (χ2n) is 5.07. The predicted molar refractivity (Wildman–Crippen MR) is 88.3 cm³/mol. The number of halogens is 1. The summed E-state index contributed by atoms with van der Waals surface area (Å²) in [5.41, 5.74) is 3.65. The number of amides is 1. The molecule has 1 aromatic heterocycles. The Morgan fingerprint density at radius 3 is 2.67 bits per heavy atom. The van der Waals surface area contributed by atoms with Gasteiger partial charge in [0.05, 0.1) is 17.8 Å². The third-order valence-electron chi connectivity index (χ3n) is 3.32. The van der Waals surface area contributed by atoms with E-state index in [-0.39, 0.29) is 5.91 Å². The zero-order valence-corrected chi connectivity index (χ0v) is 14.1. The van der Waals surface area contributed by atoms with E-state index < -0.39 is 0 Å². The van der Waals surface area contributed by atoms with Gasteiger partial charge in [-0.2, -0.15) is 0 Å². The highest BCUT2D eigenvalue weighted by molar-refractivity contribution is 9.10. The molecule has 3 nitrogen and oxygen atoms in total. The average molecular weight is 347 g/mol. The zero-order valence-electron chi connectivity index (χ0n) is 12.6. The quantitative estimate of drug-likeness (QED) is 0.833. The van der Waals surface area contributed by atoms with Crippen molar-refractivity contribution in [3.8, 4) is 0 Å². The van der Waals surface area contributed by atoms with Crippen molar-refractivity contribution < 1.29 is 4.79 Å². The van der Waals surface area contributed by atoms with Crippen LogP contribution in [0.25, 0.3) is 0 Å². The first-order valence-corrected chi connectivity index (χ1v) is 7.78. The van der Waals surface area contributed by atoms with Gasteiger partial charge in [-0.1, -0.05) is 17.7 Å². The molecular formula is C17H19BrN2O. The van der Waals surface area contributed by atoms with E-state index in [0.717, 1.165) is 21.4 Å². The van der Waals surface area contributed by atoms with Gasteiger partial charge < -0.3 is 4.90 Å². The minimum absolute atomic E-state index is 0.0244. The number of carbonyl (C=O) groups is 1. The summed E-state index contributed by atoms with van der Waals surface area (Å²) in [6.07, 6.45) is 0. The highest BCUT2D eigenvalue weighted by Gasteiger charge is 2.17. The molecule has 0 N–H and O–H groups in total. The number of hydrogen-bond donors (Lipinski definition) is 0. The molecule has 4 heteroatoms. The van der Waals surface area contributed by atoms with E-state index >= 15 is 0 Å². The molecule has 1 amide bonds. The monoisotopic (exact) mass is 346 g/mol. The number of benzene rings is 1. The summed E-state index contributed by atoms with van der Waals surface area (Å²) < 4.78 is 0.828. The van der Waals surface area contributed by atoms with Crippen LogP contribution in [0.2, 0.25) is 0 Å². The van der Waals surface area contributed by atoms with E-state index in [0.29, 0.717) is 18.7 Å². The van der Waals surface area contributed by atoms with Crippen LogP contribution in [0.4, 0.5) is 0 Å². The normalized spacial score (nSPS) is 10.5. The van der Waals surface area contributed by atoms with Crippen molar-refractivity contribution in [2.24, 2.45) is 0 Å².